The largest absolute Gasteiger partial charge is 2.00 e. The van der Waals surface area contributed by atoms with E-state index in [0.717, 1.165) is 11.8 Å². The van der Waals surface area contributed by atoms with Gasteiger partial charge >= 0.3 is 26.2 Å². The van der Waals surface area contributed by atoms with Crippen LogP contribution < -0.4 is 24.8 Å². The van der Waals surface area contributed by atoms with Gasteiger partial charge in [0.25, 0.3) is 0 Å². The smallest absolute Gasteiger partial charge is 1.00 e. The predicted octanol–water partition coefficient (Wildman–Crippen LogP) is 6.31. The summed E-state index contributed by atoms with van der Waals surface area (Å²) in [5, 5.41) is 0. The Bertz CT molecular complexity index is 1390. The number of rotatable bonds is 3. The zero-order valence-corrected chi connectivity index (χ0v) is 34.0. The molecule has 6 rings (SSSR count). The van der Waals surface area contributed by atoms with Gasteiger partial charge in [0.05, 0.1) is 0 Å². The van der Waals surface area contributed by atoms with Crippen molar-refractivity contribution in [2.45, 2.75) is 138 Å². The maximum atomic E-state index is 2.75. The SMILES string of the molecule is CC(C)C1(C2c3cc(C(C)(C)C)ccc3-c3ccc(C(C)(C)C)cc32)CC(C2CCCCC2)C2=C1C=C(C(C)(C)C)C2.[Cl-].[Cl-].[Zr+2]. The second kappa shape index (κ2) is 13.4. The molecule has 0 saturated heterocycles. The van der Waals surface area contributed by atoms with Crippen LogP contribution in [0.5, 0.6) is 0 Å². The molecule has 45 heavy (non-hydrogen) atoms. The van der Waals surface area contributed by atoms with Gasteiger partial charge in [-0.15, -0.1) is 0 Å². The molecule has 0 amide bonds. The third-order valence-electron chi connectivity index (χ3n) is 12.0. The van der Waals surface area contributed by atoms with Crippen molar-refractivity contribution in [1.29, 1.82) is 0 Å². The number of hydrogen-bond donors (Lipinski definition) is 0. The number of halogens is 2. The standard InChI is InChI=1S/C42H58.2ClH.Zr/c1-26(2)42(25-36(27-15-13-12-14-16-27)33-23-30(24-37(33)42)41(9,10)11)38-34-21-28(39(3,4)5)17-19-31(34)32-20-18-29(22-35(32)38)40(6,7)8;;;/h17-22,24,26-27,36,38H,12-16,23,25H2,1-11H3;2*1H;/q;;;+2/p-2. The van der Waals surface area contributed by atoms with Crippen LogP contribution in [-0.4, -0.2) is 0 Å². The van der Waals surface area contributed by atoms with Crippen LogP contribution in [0.15, 0.2) is 59.2 Å². The first-order chi connectivity index (χ1) is 19.5. The third kappa shape index (κ3) is 6.56. The molecule has 2 atom stereocenters. The molecule has 2 aromatic rings. The Labute approximate surface area is 308 Å². The molecule has 0 N–H and O–H groups in total. The minimum Gasteiger partial charge on any atom is -1.00 e. The maximum absolute atomic E-state index is 2.75. The minimum atomic E-state index is 0. The van der Waals surface area contributed by atoms with Gasteiger partial charge < -0.3 is 24.8 Å². The minimum absolute atomic E-state index is 0. The van der Waals surface area contributed by atoms with Crippen LogP contribution in [0, 0.1) is 28.6 Å². The van der Waals surface area contributed by atoms with Gasteiger partial charge in [0.2, 0.25) is 0 Å². The Kier molecular flexibility index (Phi) is 11.5. The third-order valence-corrected chi connectivity index (χ3v) is 12.0. The summed E-state index contributed by atoms with van der Waals surface area (Å²) in [6.45, 7) is 26.7. The van der Waals surface area contributed by atoms with E-state index in [1.165, 1.54) is 67.2 Å². The Morgan fingerprint density at radius 1 is 0.689 bits per heavy atom. The molecule has 0 nitrogen and oxygen atoms in total. The molecular formula is C42H58Cl2Zr. The number of fused-ring (bicyclic) bond motifs is 3. The second-order valence-corrected chi connectivity index (χ2v) is 18.0. The van der Waals surface area contributed by atoms with Crippen LogP contribution in [0.4, 0.5) is 0 Å². The molecule has 0 bridgehead atoms. The number of allylic oxidation sites excluding steroid dienone is 4. The average molecular weight is 725 g/mol. The van der Waals surface area contributed by atoms with Crippen molar-refractivity contribution in [3.05, 3.63) is 81.4 Å². The molecule has 1 saturated carbocycles. The van der Waals surface area contributed by atoms with Gasteiger partial charge in [-0.2, -0.15) is 0 Å². The molecule has 4 aliphatic rings. The van der Waals surface area contributed by atoms with Crippen LogP contribution in [0.3, 0.4) is 0 Å². The van der Waals surface area contributed by atoms with Gasteiger partial charge in [-0.1, -0.05) is 149 Å². The van der Waals surface area contributed by atoms with Crippen LogP contribution in [0.2, 0.25) is 0 Å². The molecule has 0 aromatic heterocycles. The van der Waals surface area contributed by atoms with Crippen molar-refractivity contribution in [3.8, 4) is 11.1 Å². The fourth-order valence-corrected chi connectivity index (χ4v) is 9.35. The summed E-state index contributed by atoms with van der Waals surface area (Å²) in [4.78, 5) is 0. The molecule has 4 aliphatic carbocycles. The van der Waals surface area contributed by atoms with Crippen molar-refractivity contribution in [2.24, 2.45) is 28.6 Å². The molecule has 3 heteroatoms. The second-order valence-electron chi connectivity index (χ2n) is 18.0. The average Bonchev–Trinajstić information content (AvgIpc) is 3.57. The molecule has 1 fully saturated rings. The molecule has 2 unspecified atom stereocenters. The van der Waals surface area contributed by atoms with Crippen molar-refractivity contribution in [1.82, 2.24) is 0 Å². The fraction of sp³-hybridized carbons (Fsp3) is 0.619. The number of hydrogen-bond acceptors (Lipinski definition) is 0. The Balaban J connectivity index is 0.00000184. The van der Waals surface area contributed by atoms with E-state index in [9.17, 15) is 0 Å². The molecule has 244 valence electrons. The molecule has 0 spiro atoms. The summed E-state index contributed by atoms with van der Waals surface area (Å²) < 4.78 is 0. The molecule has 2 aromatic carbocycles. The van der Waals surface area contributed by atoms with E-state index in [1.54, 1.807) is 22.3 Å². The van der Waals surface area contributed by atoms with Crippen molar-refractivity contribution < 1.29 is 51.0 Å². The van der Waals surface area contributed by atoms with Gasteiger partial charge in [-0.25, -0.2) is 0 Å². The van der Waals surface area contributed by atoms with E-state index >= 15 is 0 Å². The summed E-state index contributed by atoms with van der Waals surface area (Å²) in [6.07, 6.45) is 12.4. The van der Waals surface area contributed by atoms with Crippen molar-refractivity contribution in [2.75, 3.05) is 0 Å². The number of benzene rings is 2. The molecule has 0 radical (unpaired) electrons. The summed E-state index contributed by atoms with van der Waals surface area (Å²) in [7, 11) is 0. The summed E-state index contributed by atoms with van der Waals surface area (Å²) >= 11 is 0. The van der Waals surface area contributed by atoms with E-state index in [2.05, 4.69) is 119 Å². The fourth-order valence-electron chi connectivity index (χ4n) is 9.35. The van der Waals surface area contributed by atoms with Crippen molar-refractivity contribution in [3.63, 3.8) is 0 Å². The van der Waals surface area contributed by atoms with Crippen LogP contribution >= 0.6 is 0 Å². The zero-order chi connectivity index (χ0) is 30.4. The van der Waals surface area contributed by atoms with Gasteiger partial charge in [-0.05, 0) is 98.6 Å². The van der Waals surface area contributed by atoms with Crippen LogP contribution in [0.25, 0.3) is 11.1 Å². The monoisotopic (exact) mass is 722 g/mol. The van der Waals surface area contributed by atoms with E-state index in [-0.39, 0.29) is 72.7 Å². The Morgan fingerprint density at radius 3 is 1.60 bits per heavy atom. The maximum Gasteiger partial charge on any atom is 2.00 e. The summed E-state index contributed by atoms with van der Waals surface area (Å²) in [5.41, 5.74) is 15.0. The van der Waals surface area contributed by atoms with Crippen LogP contribution in [0.1, 0.15) is 149 Å². The zero-order valence-electron chi connectivity index (χ0n) is 30.1. The quantitative estimate of drug-likeness (QED) is 0.348. The first-order valence-corrected chi connectivity index (χ1v) is 17.3. The Hall–Kier alpha value is -0.617. The molecule has 0 heterocycles. The Morgan fingerprint density at radius 2 is 1.18 bits per heavy atom. The summed E-state index contributed by atoms with van der Waals surface area (Å²) in [6, 6.07) is 15.1. The predicted molar refractivity (Wildman–Crippen MR) is 182 cm³/mol. The van der Waals surface area contributed by atoms with Gasteiger partial charge in [-0.3, -0.25) is 0 Å². The van der Waals surface area contributed by atoms with E-state index < -0.39 is 0 Å². The van der Waals surface area contributed by atoms with Gasteiger partial charge in [0, 0.05) is 11.3 Å². The van der Waals surface area contributed by atoms with Gasteiger partial charge in [0.15, 0.2) is 0 Å². The first kappa shape index (κ1) is 38.8. The van der Waals surface area contributed by atoms with Gasteiger partial charge in [0.1, 0.15) is 0 Å². The molecule has 0 aliphatic heterocycles. The van der Waals surface area contributed by atoms with Crippen LogP contribution in [-0.2, 0) is 37.0 Å². The van der Waals surface area contributed by atoms with Crippen molar-refractivity contribution >= 4 is 0 Å². The topological polar surface area (TPSA) is 0 Å². The van der Waals surface area contributed by atoms with E-state index in [4.69, 9.17) is 0 Å². The molecular weight excluding hydrogens is 667 g/mol. The van der Waals surface area contributed by atoms with E-state index in [0.29, 0.717) is 11.8 Å². The van der Waals surface area contributed by atoms with E-state index in [1.807, 2.05) is 5.57 Å². The first-order valence-electron chi connectivity index (χ1n) is 17.3. The summed E-state index contributed by atoms with van der Waals surface area (Å²) in [5.74, 6) is 2.57. The normalized spacial score (nSPS) is 23.6.